The fraction of sp³-hybridized carbons (Fsp3) is 0.526. The van der Waals surface area contributed by atoms with Gasteiger partial charge in [0, 0.05) is 44.6 Å². The second kappa shape index (κ2) is 8.89. The van der Waals surface area contributed by atoms with Crippen LogP contribution in [0.15, 0.2) is 35.5 Å². The standard InChI is InChI=1S/C19H26N6O5S2/c1-15-11-18(25(22-15)16-4-10-31(27,28)14-16)21-19(26)13-23-6-8-24(9-7-23)32(29,30)17-3-2-5-20-12-17/h2-3,5,11-12,16H,4,6-10,13-14H2,1H3,(H,21,26). The monoisotopic (exact) mass is 482 g/mol. The minimum atomic E-state index is -3.60. The molecule has 1 N–H and O–H groups in total. The Bertz CT molecular complexity index is 1190. The first-order valence-corrected chi connectivity index (χ1v) is 13.6. The number of carbonyl (C=O) groups is 1. The van der Waals surface area contributed by atoms with Crippen LogP contribution < -0.4 is 5.32 Å². The number of rotatable bonds is 6. The molecule has 4 rings (SSSR count). The van der Waals surface area contributed by atoms with E-state index in [-0.39, 0.29) is 48.0 Å². The molecular weight excluding hydrogens is 456 g/mol. The molecule has 2 aliphatic rings. The van der Waals surface area contributed by atoms with Crippen molar-refractivity contribution in [3.05, 3.63) is 36.3 Å². The van der Waals surface area contributed by atoms with Crippen LogP contribution in [-0.4, -0.2) is 90.9 Å². The molecule has 0 aliphatic carbocycles. The molecule has 1 atom stereocenters. The fourth-order valence-corrected chi connectivity index (χ4v) is 7.10. The van der Waals surface area contributed by atoms with Gasteiger partial charge >= 0.3 is 0 Å². The maximum atomic E-state index is 12.7. The molecule has 2 aliphatic heterocycles. The van der Waals surface area contributed by atoms with Crippen LogP contribution in [-0.2, 0) is 24.7 Å². The molecule has 13 heteroatoms. The molecule has 2 fully saturated rings. The Hall–Kier alpha value is -2.35. The van der Waals surface area contributed by atoms with Crippen LogP contribution in [0, 0.1) is 6.92 Å². The fourth-order valence-electron chi connectivity index (χ4n) is 4.02. The molecule has 2 aromatic heterocycles. The van der Waals surface area contributed by atoms with Crippen LogP contribution in [0.25, 0.3) is 0 Å². The summed E-state index contributed by atoms with van der Waals surface area (Å²) in [5.41, 5.74) is 0.693. The highest BCUT2D eigenvalue weighted by Gasteiger charge is 2.32. The van der Waals surface area contributed by atoms with E-state index in [4.69, 9.17) is 0 Å². The summed E-state index contributed by atoms with van der Waals surface area (Å²) in [6.45, 7) is 3.30. The lowest BCUT2D eigenvalue weighted by Crippen LogP contribution is -2.50. The summed E-state index contributed by atoms with van der Waals surface area (Å²) in [4.78, 5) is 18.6. The van der Waals surface area contributed by atoms with Crippen molar-refractivity contribution in [1.82, 2.24) is 24.0 Å². The van der Waals surface area contributed by atoms with Gasteiger partial charge in [-0.05, 0) is 25.5 Å². The number of hydrogen-bond acceptors (Lipinski definition) is 8. The van der Waals surface area contributed by atoms with Gasteiger partial charge in [-0.25, -0.2) is 21.5 Å². The second-order valence-electron chi connectivity index (χ2n) is 8.09. The van der Waals surface area contributed by atoms with Crippen molar-refractivity contribution in [2.45, 2.75) is 24.3 Å². The number of aromatic nitrogens is 3. The molecule has 0 saturated carbocycles. The molecule has 1 amide bonds. The van der Waals surface area contributed by atoms with Gasteiger partial charge in [0.15, 0.2) is 9.84 Å². The van der Waals surface area contributed by atoms with E-state index in [2.05, 4.69) is 15.4 Å². The maximum absolute atomic E-state index is 12.7. The lowest BCUT2D eigenvalue weighted by atomic mass is 10.3. The third-order valence-electron chi connectivity index (χ3n) is 5.65. The van der Waals surface area contributed by atoms with E-state index in [1.165, 1.54) is 22.8 Å². The summed E-state index contributed by atoms with van der Waals surface area (Å²) in [7, 11) is -6.68. The van der Waals surface area contributed by atoms with Gasteiger partial charge in [-0.1, -0.05) is 0 Å². The van der Waals surface area contributed by atoms with Crippen LogP contribution in [0.3, 0.4) is 0 Å². The van der Waals surface area contributed by atoms with Gasteiger partial charge in [-0.15, -0.1) is 0 Å². The van der Waals surface area contributed by atoms with E-state index >= 15 is 0 Å². The number of sulfone groups is 1. The van der Waals surface area contributed by atoms with E-state index in [0.29, 0.717) is 31.0 Å². The highest BCUT2D eigenvalue weighted by atomic mass is 32.2. The molecular formula is C19H26N6O5S2. The molecule has 2 aromatic rings. The lowest BCUT2D eigenvalue weighted by molar-refractivity contribution is -0.117. The van der Waals surface area contributed by atoms with Crippen molar-refractivity contribution < 1.29 is 21.6 Å². The molecule has 0 aromatic carbocycles. The molecule has 1 unspecified atom stereocenters. The van der Waals surface area contributed by atoms with Crippen LogP contribution in [0.4, 0.5) is 5.82 Å². The normalized spacial score (nSPS) is 22.1. The lowest BCUT2D eigenvalue weighted by Gasteiger charge is -2.33. The van der Waals surface area contributed by atoms with Crippen LogP contribution in [0.1, 0.15) is 18.2 Å². The zero-order chi connectivity index (χ0) is 22.9. The summed E-state index contributed by atoms with van der Waals surface area (Å²) >= 11 is 0. The molecule has 11 nitrogen and oxygen atoms in total. The SMILES string of the molecule is Cc1cc(NC(=O)CN2CCN(S(=O)(=O)c3cccnc3)CC2)n(C2CCS(=O)(=O)C2)n1. The maximum Gasteiger partial charge on any atom is 0.244 e. The molecule has 0 radical (unpaired) electrons. The van der Waals surface area contributed by atoms with Crippen molar-refractivity contribution in [3.8, 4) is 0 Å². The van der Waals surface area contributed by atoms with Crippen molar-refractivity contribution in [2.24, 2.45) is 0 Å². The van der Waals surface area contributed by atoms with Gasteiger partial charge in [0.25, 0.3) is 0 Å². The Morgan fingerprint density at radius 3 is 2.62 bits per heavy atom. The summed E-state index contributed by atoms with van der Waals surface area (Å²) in [6, 6.07) is 4.54. The number of aryl methyl sites for hydroxylation is 1. The first kappa shape index (κ1) is 22.8. The predicted molar refractivity (Wildman–Crippen MR) is 117 cm³/mol. The quantitative estimate of drug-likeness (QED) is 0.603. The molecule has 32 heavy (non-hydrogen) atoms. The third-order valence-corrected chi connectivity index (χ3v) is 9.28. The second-order valence-corrected chi connectivity index (χ2v) is 12.3. The summed E-state index contributed by atoms with van der Waals surface area (Å²) in [6.07, 6.45) is 3.32. The van der Waals surface area contributed by atoms with E-state index in [0.717, 1.165) is 0 Å². The Morgan fingerprint density at radius 1 is 1.25 bits per heavy atom. The average Bonchev–Trinajstić information content (AvgIpc) is 3.30. The van der Waals surface area contributed by atoms with Crippen LogP contribution in [0.5, 0.6) is 0 Å². The van der Waals surface area contributed by atoms with E-state index in [1.807, 2.05) is 4.90 Å². The van der Waals surface area contributed by atoms with Gasteiger partial charge in [-0.3, -0.25) is 14.7 Å². The van der Waals surface area contributed by atoms with Crippen LogP contribution in [0.2, 0.25) is 0 Å². The first-order valence-electron chi connectivity index (χ1n) is 10.3. The largest absolute Gasteiger partial charge is 0.310 e. The average molecular weight is 483 g/mol. The number of carbonyl (C=O) groups excluding carboxylic acids is 1. The Balaban J connectivity index is 1.34. The predicted octanol–water partition coefficient (Wildman–Crippen LogP) is -0.109. The van der Waals surface area contributed by atoms with Gasteiger partial charge in [0.2, 0.25) is 15.9 Å². The topological polar surface area (TPSA) is 135 Å². The zero-order valence-electron chi connectivity index (χ0n) is 17.7. The molecule has 2 saturated heterocycles. The molecule has 174 valence electrons. The van der Waals surface area contributed by atoms with Crippen molar-refractivity contribution in [2.75, 3.05) is 49.5 Å². The smallest absolute Gasteiger partial charge is 0.244 e. The van der Waals surface area contributed by atoms with E-state index in [9.17, 15) is 21.6 Å². The summed E-state index contributed by atoms with van der Waals surface area (Å²) < 4.78 is 52.0. The molecule has 4 heterocycles. The van der Waals surface area contributed by atoms with Gasteiger partial charge < -0.3 is 5.32 Å². The number of amides is 1. The third kappa shape index (κ3) is 5.00. The highest BCUT2D eigenvalue weighted by molar-refractivity contribution is 7.91. The van der Waals surface area contributed by atoms with Crippen LogP contribution >= 0.6 is 0 Å². The zero-order valence-corrected chi connectivity index (χ0v) is 19.3. The van der Waals surface area contributed by atoms with Gasteiger partial charge in [-0.2, -0.15) is 9.40 Å². The summed E-state index contributed by atoms with van der Waals surface area (Å²) in [5.74, 6) is 0.364. The number of nitrogens with zero attached hydrogens (tertiary/aromatic N) is 5. The van der Waals surface area contributed by atoms with Crippen molar-refractivity contribution in [3.63, 3.8) is 0 Å². The number of piperazine rings is 1. The molecule has 0 spiro atoms. The number of nitrogens with one attached hydrogen (secondary N) is 1. The Kier molecular flexibility index (Phi) is 6.34. The number of sulfonamides is 1. The van der Waals surface area contributed by atoms with Gasteiger partial charge in [0.05, 0.1) is 29.8 Å². The minimum Gasteiger partial charge on any atom is -0.310 e. The number of pyridine rings is 1. The first-order chi connectivity index (χ1) is 15.1. The molecule has 0 bridgehead atoms. The van der Waals surface area contributed by atoms with E-state index < -0.39 is 19.9 Å². The number of anilines is 1. The van der Waals surface area contributed by atoms with E-state index in [1.54, 1.807) is 23.7 Å². The van der Waals surface area contributed by atoms with Crippen molar-refractivity contribution >= 4 is 31.6 Å². The van der Waals surface area contributed by atoms with Gasteiger partial charge in [0.1, 0.15) is 10.7 Å². The summed E-state index contributed by atoms with van der Waals surface area (Å²) in [5, 5.41) is 7.20. The highest BCUT2D eigenvalue weighted by Crippen LogP contribution is 2.27. The Morgan fingerprint density at radius 2 is 2.00 bits per heavy atom. The van der Waals surface area contributed by atoms with Crippen molar-refractivity contribution in [1.29, 1.82) is 0 Å². The number of hydrogen-bond donors (Lipinski definition) is 1. The Labute approximate surface area is 187 Å². The minimum absolute atomic E-state index is 0.0182.